The highest BCUT2D eigenvalue weighted by molar-refractivity contribution is 5.51. The summed E-state index contributed by atoms with van der Waals surface area (Å²) in [7, 11) is 0. The first-order valence-corrected chi connectivity index (χ1v) is 9.53. The molecular weight excluding hydrogens is 341 g/mol. The van der Waals surface area contributed by atoms with Gasteiger partial charge in [0, 0.05) is 5.56 Å². The van der Waals surface area contributed by atoms with E-state index in [4.69, 9.17) is 4.74 Å². The van der Waals surface area contributed by atoms with Crippen LogP contribution in [0.15, 0.2) is 30.3 Å². The van der Waals surface area contributed by atoms with Crippen LogP contribution in [0, 0.1) is 23.1 Å². The third kappa shape index (κ3) is 4.31. The predicted octanol–water partition coefficient (Wildman–Crippen LogP) is 5.32. The first-order valence-electron chi connectivity index (χ1n) is 9.53. The number of nitrogens with zero attached hydrogens (tertiary/aromatic N) is 1. The van der Waals surface area contributed by atoms with Crippen LogP contribution in [0.1, 0.15) is 55.9 Å². The number of nitriles is 1. The topological polar surface area (TPSA) is 53.2 Å². The second-order valence-corrected chi connectivity index (χ2v) is 7.99. The summed E-state index contributed by atoms with van der Waals surface area (Å²) in [5.41, 5.74) is 2.45. The zero-order valence-corrected chi connectivity index (χ0v) is 16.2. The van der Waals surface area contributed by atoms with E-state index in [1.807, 2.05) is 39.0 Å². The average Bonchev–Trinajstić information content (AvgIpc) is 3.12. The lowest BCUT2D eigenvalue weighted by Crippen LogP contribution is -2.28. The normalized spacial score (nSPS) is 14.5. The molecule has 0 unspecified atom stereocenters. The fraction of sp³-hybridized carbons (Fsp3) is 0.435. The van der Waals surface area contributed by atoms with Crippen LogP contribution < -0.4 is 4.74 Å². The second-order valence-electron chi connectivity index (χ2n) is 7.99. The van der Waals surface area contributed by atoms with E-state index in [-0.39, 0.29) is 11.7 Å². The molecule has 0 saturated heterocycles. The molecular formula is C23H26FNO2. The highest BCUT2D eigenvalue weighted by atomic mass is 19.1. The van der Waals surface area contributed by atoms with Crippen molar-refractivity contribution in [2.75, 3.05) is 0 Å². The molecule has 0 fully saturated rings. The van der Waals surface area contributed by atoms with Crippen LogP contribution in [0.4, 0.5) is 4.39 Å². The molecule has 0 radical (unpaired) electrons. The van der Waals surface area contributed by atoms with Crippen molar-refractivity contribution < 1.29 is 14.2 Å². The van der Waals surface area contributed by atoms with E-state index in [0.29, 0.717) is 17.1 Å². The van der Waals surface area contributed by atoms with Crippen molar-refractivity contribution in [1.29, 1.82) is 5.26 Å². The van der Waals surface area contributed by atoms with Gasteiger partial charge in [-0.05, 0) is 87.3 Å². The molecule has 1 aliphatic rings. The summed E-state index contributed by atoms with van der Waals surface area (Å²) in [5, 5.41) is 19.6. The van der Waals surface area contributed by atoms with Gasteiger partial charge in [-0.15, -0.1) is 0 Å². The zero-order chi connectivity index (χ0) is 19.6. The lowest BCUT2D eigenvalue weighted by atomic mass is 9.87. The molecule has 0 aromatic heterocycles. The van der Waals surface area contributed by atoms with E-state index in [0.717, 1.165) is 48.8 Å². The Bertz CT molecular complexity index is 877. The number of aliphatic hydroxyl groups is 1. The van der Waals surface area contributed by atoms with Crippen molar-refractivity contribution in [3.63, 3.8) is 0 Å². The molecule has 2 aromatic carbocycles. The molecule has 27 heavy (non-hydrogen) atoms. The maximum absolute atomic E-state index is 13.9. The van der Waals surface area contributed by atoms with Crippen LogP contribution in [-0.2, 0) is 19.3 Å². The summed E-state index contributed by atoms with van der Waals surface area (Å²) in [5.74, 6) is 1.12. The lowest BCUT2D eigenvalue weighted by Gasteiger charge is -2.25. The number of halogens is 1. The summed E-state index contributed by atoms with van der Waals surface area (Å²) in [6.07, 6.45) is 4.08. The number of hydrogen-bond acceptors (Lipinski definition) is 3. The van der Waals surface area contributed by atoms with Gasteiger partial charge in [0.25, 0.3) is 0 Å². The minimum atomic E-state index is -0.718. The Labute approximate surface area is 160 Å². The van der Waals surface area contributed by atoms with Crippen molar-refractivity contribution in [3.8, 4) is 17.6 Å². The third-order valence-electron chi connectivity index (χ3n) is 5.64. The molecule has 0 saturated carbocycles. The smallest absolute Gasteiger partial charge is 0.145 e. The Hall–Kier alpha value is -2.38. The standard InChI is InChI=1S/C23H26FNO2/c1-15(23(2,3)26)7-8-16-9-11-21(17(13-16)14-25)27-22-12-10-20(24)18-5-4-6-19(18)22/h9-13,15,26H,4-8H2,1-3H3/t15-/m0/s1. The number of hydrogen-bond donors (Lipinski definition) is 1. The van der Waals surface area contributed by atoms with Gasteiger partial charge in [0.15, 0.2) is 0 Å². The van der Waals surface area contributed by atoms with E-state index < -0.39 is 5.60 Å². The monoisotopic (exact) mass is 367 g/mol. The van der Waals surface area contributed by atoms with Gasteiger partial charge in [-0.3, -0.25) is 0 Å². The van der Waals surface area contributed by atoms with Crippen molar-refractivity contribution >= 4 is 0 Å². The van der Waals surface area contributed by atoms with Crippen LogP contribution in [0.25, 0.3) is 0 Å². The molecule has 0 heterocycles. The molecule has 0 spiro atoms. The summed E-state index contributed by atoms with van der Waals surface area (Å²) < 4.78 is 19.9. The minimum Gasteiger partial charge on any atom is -0.456 e. The van der Waals surface area contributed by atoms with Crippen LogP contribution in [0.5, 0.6) is 11.5 Å². The summed E-state index contributed by atoms with van der Waals surface area (Å²) in [4.78, 5) is 0. The Morgan fingerprint density at radius 3 is 2.59 bits per heavy atom. The average molecular weight is 367 g/mol. The quantitative estimate of drug-likeness (QED) is 0.752. The van der Waals surface area contributed by atoms with Crippen molar-refractivity contribution in [3.05, 3.63) is 58.4 Å². The lowest BCUT2D eigenvalue weighted by molar-refractivity contribution is 0.0215. The molecule has 2 aromatic rings. The molecule has 0 bridgehead atoms. The zero-order valence-electron chi connectivity index (χ0n) is 16.2. The highest BCUT2D eigenvalue weighted by Gasteiger charge is 2.22. The summed E-state index contributed by atoms with van der Waals surface area (Å²) in [6, 6.07) is 10.9. The second kappa shape index (κ2) is 7.70. The van der Waals surface area contributed by atoms with Crippen LogP contribution in [0.3, 0.4) is 0 Å². The van der Waals surface area contributed by atoms with Gasteiger partial charge in [-0.25, -0.2) is 4.39 Å². The Kier molecular flexibility index (Phi) is 5.53. The van der Waals surface area contributed by atoms with E-state index in [9.17, 15) is 14.8 Å². The summed E-state index contributed by atoms with van der Waals surface area (Å²) in [6.45, 7) is 5.66. The molecule has 1 atom stereocenters. The van der Waals surface area contributed by atoms with Crippen LogP contribution >= 0.6 is 0 Å². The maximum atomic E-state index is 13.9. The Morgan fingerprint density at radius 2 is 1.89 bits per heavy atom. The number of benzene rings is 2. The SMILES string of the molecule is C[C@@H](CCc1ccc(Oc2ccc(F)c3c2CCC3)c(C#N)c1)C(C)(C)O. The molecule has 0 aliphatic heterocycles. The van der Waals surface area contributed by atoms with Crippen molar-refractivity contribution in [2.24, 2.45) is 5.92 Å². The molecule has 3 rings (SSSR count). The van der Waals surface area contributed by atoms with Crippen LogP contribution in [-0.4, -0.2) is 10.7 Å². The molecule has 1 N–H and O–H groups in total. The van der Waals surface area contributed by atoms with Crippen LogP contribution in [0.2, 0.25) is 0 Å². The van der Waals surface area contributed by atoms with Gasteiger partial charge in [-0.1, -0.05) is 13.0 Å². The van der Waals surface area contributed by atoms with Gasteiger partial charge in [0.2, 0.25) is 0 Å². The van der Waals surface area contributed by atoms with E-state index >= 15 is 0 Å². The number of aryl methyl sites for hydroxylation is 1. The Morgan fingerprint density at radius 1 is 1.19 bits per heavy atom. The third-order valence-corrected chi connectivity index (χ3v) is 5.64. The van der Waals surface area contributed by atoms with E-state index in [2.05, 4.69) is 6.07 Å². The largest absolute Gasteiger partial charge is 0.456 e. The predicted molar refractivity (Wildman–Crippen MR) is 103 cm³/mol. The Balaban J connectivity index is 1.78. The maximum Gasteiger partial charge on any atom is 0.145 e. The van der Waals surface area contributed by atoms with Gasteiger partial charge >= 0.3 is 0 Å². The molecule has 0 amide bonds. The van der Waals surface area contributed by atoms with E-state index in [1.54, 1.807) is 6.07 Å². The van der Waals surface area contributed by atoms with Gasteiger partial charge < -0.3 is 9.84 Å². The molecule has 142 valence electrons. The molecule has 4 heteroatoms. The summed E-state index contributed by atoms with van der Waals surface area (Å²) >= 11 is 0. The van der Waals surface area contributed by atoms with Gasteiger partial charge in [0.05, 0.1) is 11.2 Å². The first-order chi connectivity index (χ1) is 12.8. The van der Waals surface area contributed by atoms with Crippen molar-refractivity contribution in [2.45, 2.75) is 58.5 Å². The molecule has 1 aliphatic carbocycles. The van der Waals surface area contributed by atoms with E-state index in [1.165, 1.54) is 6.07 Å². The number of ether oxygens (including phenoxy) is 1. The molecule has 3 nitrogen and oxygen atoms in total. The number of rotatable bonds is 6. The number of fused-ring (bicyclic) bond motifs is 1. The highest BCUT2D eigenvalue weighted by Crippen LogP contribution is 2.36. The van der Waals surface area contributed by atoms with Crippen molar-refractivity contribution in [1.82, 2.24) is 0 Å². The fourth-order valence-corrected chi connectivity index (χ4v) is 3.49. The first kappa shape index (κ1) is 19.4. The minimum absolute atomic E-state index is 0.153. The van der Waals surface area contributed by atoms with Gasteiger partial charge in [-0.2, -0.15) is 5.26 Å². The van der Waals surface area contributed by atoms with Gasteiger partial charge in [0.1, 0.15) is 23.4 Å². The fourth-order valence-electron chi connectivity index (χ4n) is 3.49.